The van der Waals surface area contributed by atoms with Crippen LogP contribution in [0, 0.1) is 10.1 Å². The van der Waals surface area contributed by atoms with Crippen LogP contribution in [0.15, 0.2) is 42.5 Å². The molecule has 8 heteroatoms. The number of aromatic nitrogens is 2. The minimum atomic E-state index is -0.465. The van der Waals surface area contributed by atoms with E-state index in [1.54, 1.807) is 24.1 Å². The third-order valence-corrected chi connectivity index (χ3v) is 4.52. The monoisotopic (exact) mass is 381 g/mol. The highest BCUT2D eigenvalue weighted by atomic mass is 16.6. The molecule has 28 heavy (non-hydrogen) atoms. The van der Waals surface area contributed by atoms with Gasteiger partial charge in [-0.3, -0.25) is 14.9 Å². The molecule has 0 aliphatic carbocycles. The molecular weight excluding hydrogens is 358 g/mol. The quantitative estimate of drug-likeness (QED) is 0.522. The first-order valence-electron chi connectivity index (χ1n) is 8.98. The molecule has 0 saturated carbocycles. The van der Waals surface area contributed by atoms with Crippen molar-refractivity contribution in [2.24, 2.45) is 7.05 Å². The molecular formula is C20H23N5O3. The minimum Gasteiger partial charge on any atom is -0.362 e. The number of hydrogen-bond acceptors (Lipinski definition) is 5. The summed E-state index contributed by atoms with van der Waals surface area (Å²) in [5.74, 6) is 0.460. The lowest BCUT2D eigenvalue weighted by Gasteiger charge is -2.19. The summed E-state index contributed by atoms with van der Waals surface area (Å²) in [7, 11) is 3.70. The SMILES string of the molecule is CC(C)NC(=O)c1ccc(N(C)Cc2nc3ccccc3n2C)c([N+](=O)[O-])c1. The van der Waals surface area contributed by atoms with Crippen LogP contribution in [0.25, 0.3) is 11.0 Å². The molecule has 0 radical (unpaired) electrons. The molecule has 0 atom stereocenters. The zero-order valence-corrected chi connectivity index (χ0v) is 16.3. The second-order valence-electron chi connectivity index (χ2n) is 7.02. The predicted octanol–water partition coefficient (Wildman–Crippen LogP) is 3.26. The number of nitrogens with one attached hydrogen (secondary N) is 1. The fourth-order valence-corrected chi connectivity index (χ4v) is 3.11. The van der Waals surface area contributed by atoms with E-state index in [1.165, 1.54) is 6.07 Å². The number of anilines is 1. The molecule has 1 aromatic heterocycles. The molecule has 0 unspecified atom stereocenters. The van der Waals surface area contributed by atoms with E-state index >= 15 is 0 Å². The summed E-state index contributed by atoms with van der Waals surface area (Å²) >= 11 is 0. The van der Waals surface area contributed by atoms with Crippen LogP contribution in [0.5, 0.6) is 0 Å². The van der Waals surface area contributed by atoms with Crippen molar-refractivity contribution in [3.63, 3.8) is 0 Å². The Hall–Kier alpha value is -3.42. The maximum atomic E-state index is 12.2. The second-order valence-corrected chi connectivity index (χ2v) is 7.02. The van der Waals surface area contributed by atoms with Gasteiger partial charge in [0.2, 0.25) is 0 Å². The van der Waals surface area contributed by atoms with Crippen LogP contribution in [0.2, 0.25) is 0 Å². The van der Waals surface area contributed by atoms with Gasteiger partial charge in [-0.25, -0.2) is 4.98 Å². The number of nitrogens with zero attached hydrogens (tertiary/aromatic N) is 4. The number of fused-ring (bicyclic) bond motifs is 1. The molecule has 0 fully saturated rings. The van der Waals surface area contributed by atoms with Crippen molar-refractivity contribution in [2.45, 2.75) is 26.4 Å². The van der Waals surface area contributed by atoms with Crippen molar-refractivity contribution >= 4 is 28.3 Å². The molecule has 0 bridgehead atoms. The van der Waals surface area contributed by atoms with Crippen molar-refractivity contribution in [1.82, 2.24) is 14.9 Å². The van der Waals surface area contributed by atoms with Crippen LogP contribution in [0.4, 0.5) is 11.4 Å². The standard InChI is InChI=1S/C20H23N5O3/c1-13(2)21-20(26)14-9-10-17(18(11-14)25(27)28)23(3)12-19-22-15-7-5-6-8-16(15)24(19)4/h5-11,13H,12H2,1-4H3,(H,21,26). The Bertz CT molecular complexity index is 1040. The van der Waals surface area contributed by atoms with E-state index in [-0.39, 0.29) is 23.2 Å². The number of benzene rings is 2. The fraction of sp³-hybridized carbons (Fsp3) is 0.300. The number of carbonyl (C=O) groups excluding carboxylic acids is 1. The Morgan fingerprint density at radius 3 is 2.64 bits per heavy atom. The van der Waals surface area contributed by atoms with E-state index in [4.69, 9.17) is 0 Å². The summed E-state index contributed by atoms with van der Waals surface area (Å²) in [5, 5.41) is 14.4. The van der Waals surface area contributed by atoms with Gasteiger partial charge in [-0.2, -0.15) is 0 Å². The molecule has 8 nitrogen and oxygen atoms in total. The fourth-order valence-electron chi connectivity index (χ4n) is 3.11. The van der Waals surface area contributed by atoms with Gasteiger partial charge in [-0.15, -0.1) is 0 Å². The Morgan fingerprint density at radius 2 is 2.00 bits per heavy atom. The smallest absolute Gasteiger partial charge is 0.293 e. The Kier molecular flexibility index (Phi) is 5.30. The molecule has 1 heterocycles. The van der Waals surface area contributed by atoms with Crippen LogP contribution in [-0.4, -0.2) is 33.5 Å². The molecule has 3 rings (SSSR count). The van der Waals surface area contributed by atoms with Gasteiger partial charge >= 0.3 is 0 Å². The van der Waals surface area contributed by atoms with E-state index in [2.05, 4.69) is 10.3 Å². The average molecular weight is 381 g/mol. The molecule has 3 aromatic rings. The van der Waals surface area contributed by atoms with Gasteiger partial charge in [0.05, 0.1) is 22.5 Å². The molecule has 0 aliphatic heterocycles. The lowest BCUT2D eigenvalue weighted by molar-refractivity contribution is -0.384. The van der Waals surface area contributed by atoms with Gasteiger partial charge in [0.25, 0.3) is 11.6 Å². The van der Waals surface area contributed by atoms with Crippen molar-refractivity contribution in [1.29, 1.82) is 0 Å². The van der Waals surface area contributed by atoms with E-state index in [1.807, 2.05) is 49.7 Å². The van der Waals surface area contributed by atoms with Crippen LogP contribution >= 0.6 is 0 Å². The largest absolute Gasteiger partial charge is 0.362 e. The number of amides is 1. The third-order valence-electron chi connectivity index (χ3n) is 4.52. The predicted molar refractivity (Wildman–Crippen MR) is 109 cm³/mol. The summed E-state index contributed by atoms with van der Waals surface area (Å²) in [5.41, 5.74) is 2.46. The van der Waals surface area contributed by atoms with Gasteiger partial charge in [0, 0.05) is 31.8 Å². The van der Waals surface area contributed by atoms with Gasteiger partial charge in [-0.1, -0.05) is 12.1 Å². The lowest BCUT2D eigenvalue weighted by Crippen LogP contribution is -2.30. The number of carbonyl (C=O) groups is 1. The van der Waals surface area contributed by atoms with E-state index in [9.17, 15) is 14.9 Å². The average Bonchev–Trinajstić information content (AvgIpc) is 2.96. The molecule has 146 valence electrons. The zero-order valence-electron chi connectivity index (χ0n) is 16.3. The summed E-state index contributed by atoms with van der Waals surface area (Å²) < 4.78 is 1.97. The van der Waals surface area contributed by atoms with E-state index in [0.717, 1.165) is 16.9 Å². The maximum absolute atomic E-state index is 12.2. The molecule has 1 N–H and O–H groups in total. The zero-order chi connectivity index (χ0) is 20.4. The maximum Gasteiger partial charge on any atom is 0.293 e. The summed E-state index contributed by atoms with van der Waals surface area (Å²) in [4.78, 5) is 29.7. The number of nitro groups is 1. The lowest BCUT2D eigenvalue weighted by atomic mass is 10.1. The molecule has 0 saturated heterocycles. The number of aryl methyl sites for hydroxylation is 1. The summed E-state index contributed by atoms with van der Waals surface area (Å²) in [6.45, 7) is 4.07. The highest BCUT2D eigenvalue weighted by Crippen LogP contribution is 2.30. The Morgan fingerprint density at radius 1 is 1.29 bits per heavy atom. The van der Waals surface area contributed by atoms with Crippen LogP contribution < -0.4 is 10.2 Å². The molecule has 0 aliphatic rings. The Labute approximate surface area is 162 Å². The highest BCUT2D eigenvalue weighted by Gasteiger charge is 2.21. The first-order valence-corrected chi connectivity index (χ1v) is 8.98. The number of imidazole rings is 1. The van der Waals surface area contributed by atoms with E-state index < -0.39 is 4.92 Å². The van der Waals surface area contributed by atoms with Crippen molar-refractivity contribution in [3.05, 3.63) is 64.0 Å². The number of para-hydroxylation sites is 2. The van der Waals surface area contributed by atoms with Crippen LogP contribution in [-0.2, 0) is 13.6 Å². The van der Waals surface area contributed by atoms with Crippen LogP contribution in [0.3, 0.4) is 0 Å². The normalized spacial score (nSPS) is 11.0. The highest BCUT2D eigenvalue weighted by molar-refractivity contribution is 5.96. The number of rotatable bonds is 6. The second kappa shape index (κ2) is 7.67. The number of nitro benzene ring substituents is 1. The number of hydrogen-bond donors (Lipinski definition) is 1. The first-order chi connectivity index (χ1) is 13.3. The molecule has 1 amide bonds. The molecule has 2 aromatic carbocycles. The minimum absolute atomic E-state index is 0.0496. The van der Waals surface area contributed by atoms with Gasteiger partial charge in [-0.05, 0) is 38.1 Å². The van der Waals surface area contributed by atoms with Gasteiger partial charge in [0.1, 0.15) is 11.5 Å². The molecule has 0 spiro atoms. The van der Waals surface area contributed by atoms with Gasteiger partial charge < -0.3 is 14.8 Å². The Balaban J connectivity index is 1.91. The third kappa shape index (κ3) is 3.80. The first kappa shape index (κ1) is 19.3. The van der Waals surface area contributed by atoms with E-state index in [0.29, 0.717) is 12.2 Å². The van der Waals surface area contributed by atoms with Crippen LogP contribution in [0.1, 0.15) is 30.0 Å². The van der Waals surface area contributed by atoms with Crippen molar-refractivity contribution < 1.29 is 9.72 Å². The van der Waals surface area contributed by atoms with Gasteiger partial charge in [0.15, 0.2) is 0 Å². The van der Waals surface area contributed by atoms with Crippen molar-refractivity contribution in [3.8, 4) is 0 Å². The topological polar surface area (TPSA) is 93.3 Å². The summed E-state index contributed by atoms with van der Waals surface area (Å²) in [6, 6.07) is 12.3. The van der Waals surface area contributed by atoms with Crippen molar-refractivity contribution in [2.75, 3.05) is 11.9 Å². The summed E-state index contributed by atoms with van der Waals surface area (Å²) in [6.07, 6.45) is 0.